The van der Waals surface area contributed by atoms with E-state index in [0.717, 1.165) is 16.7 Å². The molecule has 5 nitrogen and oxygen atoms in total. The van der Waals surface area contributed by atoms with Crippen LogP contribution in [0, 0.1) is 13.8 Å². The van der Waals surface area contributed by atoms with Gasteiger partial charge in [0.25, 0.3) is 5.91 Å². The van der Waals surface area contributed by atoms with Gasteiger partial charge in [0.2, 0.25) is 0 Å². The lowest BCUT2D eigenvalue weighted by molar-refractivity contribution is -0.123. The van der Waals surface area contributed by atoms with E-state index in [9.17, 15) is 4.79 Å². The smallest absolute Gasteiger partial charge is 0.277 e. The van der Waals surface area contributed by atoms with Crippen molar-refractivity contribution >= 4 is 23.7 Å². The zero-order valence-corrected chi connectivity index (χ0v) is 15.8. The van der Waals surface area contributed by atoms with Crippen LogP contribution in [-0.2, 0) is 4.79 Å². The number of hydrogen-bond acceptors (Lipinski definition) is 4. The molecule has 27 heavy (non-hydrogen) atoms. The zero-order valence-electron chi connectivity index (χ0n) is 15.0. The van der Waals surface area contributed by atoms with Crippen molar-refractivity contribution in [3.8, 4) is 17.1 Å². The van der Waals surface area contributed by atoms with Gasteiger partial charge in [-0.15, -0.1) is 0 Å². The normalized spacial score (nSPS) is 10.9. The van der Waals surface area contributed by atoms with E-state index in [1.165, 1.54) is 6.21 Å². The van der Waals surface area contributed by atoms with Crippen molar-refractivity contribution in [3.63, 3.8) is 0 Å². The Bertz CT molecular complexity index is 942. The molecule has 1 N–H and O–H groups in total. The van der Waals surface area contributed by atoms with Crippen molar-refractivity contribution in [1.29, 1.82) is 0 Å². The third-order valence-electron chi connectivity index (χ3n) is 3.70. The number of nitrogens with zero attached hydrogens (tertiary/aromatic N) is 1. The monoisotopic (exact) mass is 382 g/mol. The standard InChI is InChI=1S/C21H19ClN2O3/c1-14-9-15(2)11-19(10-14)26-13-21(25)24-23-12-18-7-8-20(27-18)16-3-5-17(22)6-4-16/h3-12H,13H2,1-2H3,(H,24,25). The minimum absolute atomic E-state index is 0.117. The Hall–Kier alpha value is -3.05. The van der Waals surface area contributed by atoms with Crippen molar-refractivity contribution in [2.24, 2.45) is 5.10 Å². The lowest BCUT2D eigenvalue weighted by Gasteiger charge is -2.07. The predicted molar refractivity (Wildman–Crippen MR) is 106 cm³/mol. The van der Waals surface area contributed by atoms with Gasteiger partial charge in [-0.05, 0) is 73.5 Å². The van der Waals surface area contributed by atoms with Crippen LogP contribution >= 0.6 is 11.6 Å². The highest BCUT2D eigenvalue weighted by molar-refractivity contribution is 6.30. The fourth-order valence-corrected chi connectivity index (χ4v) is 2.68. The van der Waals surface area contributed by atoms with Crippen molar-refractivity contribution < 1.29 is 13.9 Å². The van der Waals surface area contributed by atoms with Gasteiger partial charge < -0.3 is 9.15 Å². The van der Waals surface area contributed by atoms with Crippen LogP contribution in [0.2, 0.25) is 5.02 Å². The van der Waals surface area contributed by atoms with Crippen LogP contribution in [0.25, 0.3) is 11.3 Å². The van der Waals surface area contributed by atoms with Crippen LogP contribution < -0.4 is 10.2 Å². The molecule has 0 spiro atoms. The molecule has 138 valence electrons. The van der Waals surface area contributed by atoms with Crippen LogP contribution in [0.1, 0.15) is 16.9 Å². The van der Waals surface area contributed by atoms with E-state index in [1.54, 1.807) is 18.2 Å². The van der Waals surface area contributed by atoms with E-state index < -0.39 is 0 Å². The first-order chi connectivity index (χ1) is 13.0. The molecule has 0 bridgehead atoms. The van der Waals surface area contributed by atoms with Crippen molar-refractivity contribution in [2.45, 2.75) is 13.8 Å². The van der Waals surface area contributed by atoms with Crippen LogP contribution in [0.15, 0.2) is 64.1 Å². The first-order valence-electron chi connectivity index (χ1n) is 8.38. The number of rotatable bonds is 6. The summed E-state index contributed by atoms with van der Waals surface area (Å²) in [6, 6.07) is 16.7. The van der Waals surface area contributed by atoms with E-state index in [2.05, 4.69) is 10.5 Å². The quantitative estimate of drug-likeness (QED) is 0.494. The summed E-state index contributed by atoms with van der Waals surface area (Å²) in [5, 5.41) is 4.56. The molecule has 0 aliphatic carbocycles. The first kappa shape index (κ1) is 18.7. The van der Waals surface area contributed by atoms with Crippen molar-refractivity contribution in [3.05, 3.63) is 76.5 Å². The molecule has 2 aromatic carbocycles. The van der Waals surface area contributed by atoms with Crippen LogP contribution in [0.5, 0.6) is 5.75 Å². The van der Waals surface area contributed by atoms with Crippen LogP contribution in [0.4, 0.5) is 0 Å². The topological polar surface area (TPSA) is 63.8 Å². The van der Waals surface area contributed by atoms with Crippen molar-refractivity contribution in [2.75, 3.05) is 6.61 Å². The average molecular weight is 383 g/mol. The van der Waals surface area contributed by atoms with Crippen LogP contribution in [0.3, 0.4) is 0 Å². The number of hydrogen-bond donors (Lipinski definition) is 1. The third-order valence-corrected chi connectivity index (χ3v) is 3.95. The molecular weight excluding hydrogens is 364 g/mol. The second-order valence-corrected chi connectivity index (χ2v) is 6.55. The molecule has 0 saturated heterocycles. The number of amides is 1. The molecule has 3 rings (SSSR count). The highest BCUT2D eigenvalue weighted by atomic mass is 35.5. The van der Waals surface area contributed by atoms with Crippen molar-refractivity contribution in [1.82, 2.24) is 5.43 Å². The highest BCUT2D eigenvalue weighted by Gasteiger charge is 2.05. The van der Waals surface area contributed by atoms with E-state index >= 15 is 0 Å². The lowest BCUT2D eigenvalue weighted by atomic mass is 10.1. The number of hydrazone groups is 1. The fourth-order valence-electron chi connectivity index (χ4n) is 2.56. The number of furan rings is 1. The summed E-state index contributed by atoms with van der Waals surface area (Å²) < 4.78 is 11.2. The van der Waals surface area contributed by atoms with Gasteiger partial charge in [0.15, 0.2) is 6.61 Å². The number of carbonyl (C=O) groups is 1. The Kier molecular flexibility index (Phi) is 5.94. The second-order valence-electron chi connectivity index (χ2n) is 6.11. The lowest BCUT2D eigenvalue weighted by Crippen LogP contribution is -2.24. The molecule has 0 radical (unpaired) electrons. The molecule has 0 atom stereocenters. The molecule has 1 aromatic heterocycles. The third kappa shape index (κ3) is 5.46. The summed E-state index contributed by atoms with van der Waals surface area (Å²) in [6.45, 7) is 3.84. The van der Waals surface area contributed by atoms with E-state index in [-0.39, 0.29) is 12.5 Å². The van der Waals surface area contributed by atoms with Gasteiger partial charge in [-0.3, -0.25) is 4.79 Å². The van der Waals surface area contributed by atoms with Gasteiger partial charge in [-0.2, -0.15) is 5.10 Å². The molecule has 0 aliphatic rings. The van der Waals surface area contributed by atoms with Gasteiger partial charge in [-0.1, -0.05) is 17.7 Å². The predicted octanol–water partition coefficient (Wildman–Crippen LogP) is 4.75. The van der Waals surface area contributed by atoms with Crippen LogP contribution in [-0.4, -0.2) is 18.7 Å². The van der Waals surface area contributed by atoms with Gasteiger partial charge in [0.1, 0.15) is 17.3 Å². The maximum Gasteiger partial charge on any atom is 0.277 e. The van der Waals surface area contributed by atoms with E-state index in [0.29, 0.717) is 22.3 Å². The average Bonchev–Trinajstić information content (AvgIpc) is 3.09. The van der Waals surface area contributed by atoms with Gasteiger partial charge in [-0.25, -0.2) is 5.43 Å². The second kappa shape index (κ2) is 8.56. The zero-order chi connectivity index (χ0) is 19.2. The summed E-state index contributed by atoms with van der Waals surface area (Å²) in [5.74, 6) is 1.52. The van der Waals surface area contributed by atoms with E-state index in [1.807, 2.05) is 50.2 Å². The Morgan fingerprint density at radius 1 is 1.11 bits per heavy atom. The number of halogens is 1. The summed E-state index contributed by atoms with van der Waals surface area (Å²) in [6.07, 6.45) is 1.44. The highest BCUT2D eigenvalue weighted by Crippen LogP contribution is 2.23. The molecule has 0 unspecified atom stereocenters. The summed E-state index contributed by atoms with van der Waals surface area (Å²) in [5.41, 5.74) is 5.49. The van der Waals surface area contributed by atoms with Gasteiger partial charge >= 0.3 is 0 Å². The molecule has 1 amide bonds. The first-order valence-corrected chi connectivity index (χ1v) is 8.76. The Balaban J connectivity index is 1.51. The molecular formula is C21H19ClN2O3. The molecule has 0 aliphatic heterocycles. The molecule has 6 heteroatoms. The Morgan fingerprint density at radius 2 is 1.81 bits per heavy atom. The number of nitrogens with one attached hydrogen (secondary N) is 1. The SMILES string of the molecule is Cc1cc(C)cc(OCC(=O)NN=Cc2ccc(-c3ccc(Cl)cc3)o2)c1. The molecule has 3 aromatic rings. The summed E-state index contributed by atoms with van der Waals surface area (Å²) >= 11 is 5.88. The molecule has 1 heterocycles. The minimum Gasteiger partial charge on any atom is -0.484 e. The Labute approximate surface area is 162 Å². The largest absolute Gasteiger partial charge is 0.484 e. The van der Waals surface area contributed by atoms with Gasteiger partial charge in [0, 0.05) is 10.6 Å². The molecule has 0 saturated carbocycles. The van der Waals surface area contributed by atoms with E-state index in [4.69, 9.17) is 20.8 Å². The fraction of sp³-hybridized carbons (Fsp3) is 0.143. The summed E-state index contributed by atoms with van der Waals surface area (Å²) in [4.78, 5) is 11.8. The number of benzene rings is 2. The minimum atomic E-state index is -0.352. The maximum atomic E-state index is 11.8. The Morgan fingerprint density at radius 3 is 2.52 bits per heavy atom. The number of aryl methyl sites for hydroxylation is 2. The summed E-state index contributed by atoms with van der Waals surface area (Å²) in [7, 11) is 0. The number of carbonyl (C=O) groups excluding carboxylic acids is 1. The number of ether oxygens (including phenoxy) is 1. The van der Waals surface area contributed by atoms with Gasteiger partial charge in [0.05, 0.1) is 6.21 Å². The molecule has 0 fully saturated rings. The maximum absolute atomic E-state index is 11.8.